The Hall–Kier alpha value is -4.27. The first kappa shape index (κ1) is 22.9. The maximum Gasteiger partial charge on any atom is 0.301 e. The molecule has 0 saturated carbocycles. The smallest absolute Gasteiger partial charge is 0.301 e. The lowest BCUT2D eigenvalue weighted by atomic mass is 9.95. The Morgan fingerprint density at radius 3 is 2.35 bits per heavy atom. The second-order valence-electron chi connectivity index (χ2n) is 7.54. The summed E-state index contributed by atoms with van der Waals surface area (Å²) in [6, 6.07) is 12.2. The number of rotatable bonds is 7. The quantitative estimate of drug-likeness (QED) is 0.317. The van der Waals surface area contributed by atoms with Gasteiger partial charge in [0.15, 0.2) is 17.3 Å². The van der Waals surface area contributed by atoms with Gasteiger partial charge in [0.25, 0.3) is 5.78 Å². The van der Waals surface area contributed by atoms with E-state index in [-0.39, 0.29) is 17.2 Å². The van der Waals surface area contributed by atoms with Gasteiger partial charge in [-0.1, -0.05) is 11.2 Å². The standard InChI is InChI=1S/C25H24N2O7/c1-5-33-17-9-6-15(7-10-17)23(28)21-22(16-8-11-18(31-3)19(13-16)32-4)27(25(30)24(21)29)20-12-14(2)34-26-20/h6-13,22,28H,5H2,1-4H3/b23-21+/t22-/m1/s1. The summed E-state index contributed by atoms with van der Waals surface area (Å²) >= 11 is 0. The Balaban J connectivity index is 1.91. The van der Waals surface area contributed by atoms with Gasteiger partial charge in [-0.15, -0.1) is 0 Å². The van der Waals surface area contributed by atoms with E-state index in [9.17, 15) is 14.7 Å². The molecule has 4 rings (SSSR count). The molecule has 1 N–H and O–H groups in total. The van der Waals surface area contributed by atoms with Gasteiger partial charge in [0.2, 0.25) is 0 Å². The van der Waals surface area contributed by atoms with E-state index in [4.69, 9.17) is 18.7 Å². The lowest BCUT2D eigenvalue weighted by Gasteiger charge is -2.23. The molecule has 2 aromatic carbocycles. The number of amides is 1. The average molecular weight is 464 g/mol. The molecular weight excluding hydrogens is 440 g/mol. The number of hydrogen-bond acceptors (Lipinski definition) is 8. The van der Waals surface area contributed by atoms with Crippen molar-refractivity contribution < 1.29 is 33.4 Å². The molecule has 0 bridgehead atoms. The van der Waals surface area contributed by atoms with Crippen LogP contribution in [0.4, 0.5) is 5.82 Å². The highest BCUT2D eigenvalue weighted by Crippen LogP contribution is 2.44. The summed E-state index contributed by atoms with van der Waals surface area (Å²) in [5.74, 6) is 0.139. The van der Waals surface area contributed by atoms with Crippen LogP contribution in [0.1, 0.15) is 29.9 Å². The number of methoxy groups -OCH3 is 2. The molecular formula is C25H24N2O7. The van der Waals surface area contributed by atoms with E-state index in [1.165, 1.54) is 19.1 Å². The predicted molar refractivity (Wildman–Crippen MR) is 123 cm³/mol. The van der Waals surface area contributed by atoms with Gasteiger partial charge < -0.3 is 23.8 Å². The number of Topliss-reactive ketones (excluding diaryl/α,β-unsaturated/α-hetero) is 1. The van der Waals surface area contributed by atoms with Gasteiger partial charge in [0.05, 0.1) is 32.4 Å². The van der Waals surface area contributed by atoms with Gasteiger partial charge in [0.1, 0.15) is 17.3 Å². The fourth-order valence-electron chi connectivity index (χ4n) is 3.91. The summed E-state index contributed by atoms with van der Waals surface area (Å²) in [5.41, 5.74) is 0.801. The molecule has 1 atom stereocenters. The molecule has 1 aliphatic rings. The number of hydrogen-bond donors (Lipinski definition) is 1. The first-order valence-corrected chi connectivity index (χ1v) is 10.6. The molecule has 0 unspecified atom stereocenters. The minimum atomic E-state index is -0.976. The van der Waals surface area contributed by atoms with Crippen LogP contribution in [0.5, 0.6) is 17.2 Å². The second-order valence-corrected chi connectivity index (χ2v) is 7.54. The van der Waals surface area contributed by atoms with Crippen LogP contribution in [0.3, 0.4) is 0 Å². The summed E-state index contributed by atoms with van der Waals surface area (Å²) in [6.07, 6.45) is 0. The molecule has 9 nitrogen and oxygen atoms in total. The lowest BCUT2D eigenvalue weighted by Crippen LogP contribution is -2.29. The highest BCUT2D eigenvalue weighted by atomic mass is 16.5. The minimum Gasteiger partial charge on any atom is -0.507 e. The van der Waals surface area contributed by atoms with Gasteiger partial charge in [-0.25, -0.2) is 0 Å². The third kappa shape index (κ3) is 3.96. The van der Waals surface area contributed by atoms with Gasteiger partial charge in [-0.2, -0.15) is 0 Å². The van der Waals surface area contributed by atoms with E-state index in [0.29, 0.717) is 40.7 Å². The maximum atomic E-state index is 13.2. The number of aliphatic hydroxyl groups is 1. The van der Waals surface area contributed by atoms with Crippen LogP contribution >= 0.6 is 0 Å². The molecule has 0 radical (unpaired) electrons. The Morgan fingerprint density at radius 1 is 1.06 bits per heavy atom. The number of ether oxygens (including phenoxy) is 3. The molecule has 176 valence electrons. The van der Waals surface area contributed by atoms with Crippen LogP contribution in [0.25, 0.3) is 5.76 Å². The first-order chi connectivity index (χ1) is 16.4. The molecule has 1 amide bonds. The molecule has 1 aromatic heterocycles. The Labute approximate surface area is 196 Å². The zero-order valence-electron chi connectivity index (χ0n) is 19.2. The van der Waals surface area contributed by atoms with E-state index >= 15 is 0 Å². The Kier molecular flexibility index (Phi) is 6.27. The third-order valence-electron chi connectivity index (χ3n) is 5.47. The minimum absolute atomic E-state index is 0.0815. The zero-order valence-corrected chi connectivity index (χ0v) is 19.2. The monoisotopic (exact) mass is 464 g/mol. The molecule has 1 saturated heterocycles. The van der Waals surface area contributed by atoms with Crippen LogP contribution in [0.2, 0.25) is 0 Å². The first-order valence-electron chi connectivity index (χ1n) is 10.6. The van der Waals surface area contributed by atoms with Crippen LogP contribution in [0, 0.1) is 6.92 Å². The van der Waals surface area contributed by atoms with Gasteiger partial charge in [0, 0.05) is 11.6 Å². The topological polar surface area (TPSA) is 111 Å². The number of nitrogens with zero attached hydrogens (tertiary/aromatic N) is 2. The fraction of sp³-hybridized carbons (Fsp3) is 0.240. The number of aromatic nitrogens is 1. The normalized spacial score (nSPS) is 17.2. The maximum absolute atomic E-state index is 13.2. The van der Waals surface area contributed by atoms with Crippen molar-refractivity contribution >= 4 is 23.3 Å². The number of carbonyl (C=O) groups is 2. The number of benzene rings is 2. The van der Waals surface area contributed by atoms with Crippen molar-refractivity contribution in [3.63, 3.8) is 0 Å². The van der Waals surface area contributed by atoms with E-state index in [2.05, 4.69) is 5.16 Å². The fourth-order valence-corrected chi connectivity index (χ4v) is 3.91. The third-order valence-corrected chi connectivity index (χ3v) is 5.47. The lowest BCUT2D eigenvalue weighted by molar-refractivity contribution is -0.132. The molecule has 2 heterocycles. The number of ketones is 1. The molecule has 1 aliphatic heterocycles. The van der Waals surface area contributed by atoms with Crippen LogP contribution in [-0.4, -0.2) is 42.8 Å². The van der Waals surface area contributed by atoms with Gasteiger partial charge in [-0.05, 0) is 55.8 Å². The number of aliphatic hydroxyl groups excluding tert-OH is 1. The summed E-state index contributed by atoms with van der Waals surface area (Å²) in [6.45, 7) is 4.04. The highest BCUT2D eigenvalue weighted by Gasteiger charge is 2.48. The van der Waals surface area contributed by atoms with Crippen molar-refractivity contribution in [3.05, 3.63) is 71.0 Å². The van der Waals surface area contributed by atoms with Crippen LogP contribution in [0.15, 0.2) is 58.6 Å². The van der Waals surface area contributed by atoms with Crippen molar-refractivity contribution in [3.8, 4) is 17.2 Å². The van der Waals surface area contributed by atoms with Gasteiger partial charge in [-0.3, -0.25) is 14.5 Å². The van der Waals surface area contributed by atoms with E-state index in [0.717, 1.165) is 0 Å². The Bertz CT molecular complexity index is 1260. The highest BCUT2D eigenvalue weighted by molar-refractivity contribution is 6.51. The van der Waals surface area contributed by atoms with Crippen molar-refractivity contribution in [1.82, 2.24) is 5.16 Å². The van der Waals surface area contributed by atoms with E-state index in [1.807, 2.05) is 6.92 Å². The average Bonchev–Trinajstić information content (AvgIpc) is 3.39. The predicted octanol–water partition coefficient (Wildman–Crippen LogP) is 4.03. The second kappa shape index (κ2) is 9.30. The molecule has 34 heavy (non-hydrogen) atoms. The van der Waals surface area contributed by atoms with Crippen LogP contribution in [-0.2, 0) is 9.59 Å². The molecule has 1 fully saturated rings. The largest absolute Gasteiger partial charge is 0.507 e. The Morgan fingerprint density at radius 2 is 1.76 bits per heavy atom. The van der Waals surface area contributed by atoms with E-state index in [1.54, 1.807) is 55.5 Å². The molecule has 0 spiro atoms. The van der Waals surface area contributed by atoms with Crippen molar-refractivity contribution in [2.75, 3.05) is 25.7 Å². The summed E-state index contributed by atoms with van der Waals surface area (Å²) in [5, 5.41) is 15.1. The molecule has 3 aromatic rings. The number of anilines is 1. The number of carbonyl (C=O) groups excluding carboxylic acids is 2. The summed E-state index contributed by atoms with van der Waals surface area (Å²) in [7, 11) is 2.99. The summed E-state index contributed by atoms with van der Waals surface area (Å²) in [4.78, 5) is 27.5. The SMILES string of the molecule is CCOc1ccc(/C(O)=C2\C(=O)C(=O)N(c3cc(C)on3)[C@@H]2c2ccc(OC)c(OC)c2)cc1. The van der Waals surface area contributed by atoms with Crippen LogP contribution < -0.4 is 19.1 Å². The van der Waals surface area contributed by atoms with Crippen molar-refractivity contribution in [2.45, 2.75) is 19.9 Å². The van der Waals surface area contributed by atoms with E-state index < -0.39 is 17.7 Å². The zero-order chi connectivity index (χ0) is 24.4. The summed E-state index contributed by atoms with van der Waals surface area (Å²) < 4.78 is 21.3. The van der Waals surface area contributed by atoms with Gasteiger partial charge >= 0.3 is 5.91 Å². The van der Waals surface area contributed by atoms with Crippen molar-refractivity contribution in [2.24, 2.45) is 0 Å². The molecule has 0 aliphatic carbocycles. The molecule has 9 heteroatoms. The van der Waals surface area contributed by atoms with Crippen molar-refractivity contribution in [1.29, 1.82) is 0 Å². The number of aryl methyl sites for hydroxylation is 1.